The molecule has 0 spiro atoms. The van der Waals surface area contributed by atoms with Crippen molar-refractivity contribution in [1.82, 2.24) is 4.57 Å². The Labute approximate surface area is 158 Å². The molecule has 1 aliphatic heterocycles. The quantitative estimate of drug-likeness (QED) is 0.406. The van der Waals surface area contributed by atoms with Crippen LogP contribution in [-0.4, -0.2) is 10.6 Å². The maximum atomic E-state index is 2.54. The summed E-state index contributed by atoms with van der Waals surface area (Å²) in [6.45, 7) is 0. The molecule has 0 saturated heterocycles. The third-order valence-corrected chi connectivity index (χ3v) is 6.12. The van der Waals surface area contributed by atoms with Crippen molar-refractivity contribution < 1.29 is 0 Å². The van der Waals surface area contributed by atoms with Crippen molar-refractivity contribution in [2.75, 3.05) is 4.90 Å². The Balaban J connectivity index is 1.77. The molecule has 0 bridgehead atoms. The van der Waals surface area contributed by atoms with Gasteiger partial charge in [0.1, 0.15) is 0 Å². The first-order valence-electron chi connectivity index (χ1n) is 9.54. The third-order valence-electron chi connectivity index (χ3n) is 6.12. The second kappa shape index (κ2) is 5.37. The Morgan fingerprint density at radius 2 is 1.52 bits per heavy atom. The molecule has 0 N–H and O–H groups in total. The van der Waals surface area contributed by atoms with Crippen LogP contribution in [0.15, 0.2) is 91.0 Å². The van der Waals surface area contributed by atoms with Crippen LogP contribution in [0.1, 0.15) is 11.5 Å². The number of hydrogen-bond donors (Lipinski definition) is 0. The van der Waals surface area contributed by atoms with Crippen LogP contribution in [-0.2, 0) is 7.05 Å². The third kappa shape index (κ3) is 1.90. The summed E-state index contributed by atoms with van der Waals surface area (Å²) in [5, 5.41) is 2.70. The van der Waals surface area contributed by atoms with Crippen LogP contribution in [0.4, 0.5) is 11.4 Å². The summed E-state index contributed by atoms with van der Waals surface area (Å²) in [5.41, 5.74) is 6.62. The number of fused-ring (bicyclic) bond motifs is 7. The molecule has 2 heteroatoms. The lowest BCUT2D eigenvalue weighted by Crippen LogP contribution is -2.28. The summed E-state index contributed by atoms with van der Waals surface area (Å²) in [7, 11) is 2.17. The minimum absolute atomic E-state index is 0.331. The fourth-order valence-electron chi connectivity index (χ4n) is 4.95. The van der Waals surface area contributed by atoms with Gasteiger partial charge in [0.15, 0.2) is 0 Å². The number of anilines is 2. The highest BCUT2D eigenvalue weighted by Gasteiger charge is 2.39. The molecule has 130 valence electrons. The Morgan fingerprint density at radius 3 is 2.41 bits per heavy atom. The van der Waals surface area contributed by atoms with Crippen LogP contribution >= 0.6 is 0 Å². The van der Waals surface area contributed by atoms with Gasteiger partial charge in [-0.3, -0.25) is 0 Å². The number of aryl methyl sites for hydroxylation is 1. The topological polar surface area (TPSA) is 8.17 Å². The van der Waals surface area contributed by atoms with Gasteiger partial charge in [0.25, 0.3) is 0 Å². The molecular weight excluding hydrogens is 328 g/mol. The zero-order valence-corrected chi connectivity index (χ0v) is 15.2. The minimum atomic E-state index is 0.331. The van der Waals surface area contributed by atoms with Gasteiger partial charge in [0.2, 0.25) is 0 Å². The van der Waals surface area contributed by atoms with Gasteiger partial charge in [-0.25, -0.2) is 0 Å². The van der Waals surface area contributed by atoms with Crippen molar-refractivity contribution in [3.05, 3.63) is 96.6 Å². The van der Waals surface area contributed by atoms with Gasteiger partial charge < -0.3 is 9.47 Å². The van der Waals surface area contributed by atoms with Crippen LogP contribution in [0.25, 0.3) is 21.8 Å². The van der Waals surface area contributed by atoms with E-state index in [-0.39, 0.29) is 0 Å². The van der Waals surface area contributed by atoms with E-state index in [1.54, 1.807) is 0 Å². The first-order valence-corrected chi connectivity index (χ1v) is 9.54. The number of para-hydroxylation sites is 2. The monoisotopic (exact) mass is 348 g/mol. The van der Waals surface area contributed by atoms with E-state index in [2.05, 4.69) is 108 Å². The number of nitrogens with zero attached hydrogens (tertiary/aromatic N) is 2. The van der Waals surface area contributed by atoms with Gasteiger partial charge in [0.05, 0.1) is 17.2 Å². The lowest BCUT2D eigenvalue weighted by molar-refractivity contribution is 0.745. The Morgan fingerprint density at radius 1 is 0.741 bits per heavy atom. The van der Waals surface area contributed by atoms with Crippen molar-refractivity contribution >= 4 is 33.2 Å². The Hall–Kier alpha value is -3.26. The van der Waals surface area contributed by atoms with Crippen molar-refractivity contribution in [2.45, 2.75) is 12.0 Å². The van der Waals surface area contributed by atoms with Crippen molar-refractivity contribution in [2.24, 2.45) is 7.05 Å². The number of aromatic nitrogens is 1. The van der Waals surface area contributed by atoms with Crippen molar-refractivity contribution in [3.8, 4) is 0 Å². The van der Waals surface area contributed by atoms with Crippen molar-refractivity contribution in [3.63, 3.8) is 0 Å². The van der Waals surface area contributed by atoms with Crippen LogP contribution in [0.2, 0.25) is 0 Å². The van der Waals surface area contributed by atoms with E-state index in [1.807, 2.05) is 0 Å². The van der Waals surface area contributed by atoms with Gasteiger partial charge in [-0.15, -0.1) is 0 Å². The second-order valence-corrected chi connectivity index (χ2v) is 7.47. The molecule has 2 aliphatic rings. The molecule has 0 saturated carbocycles. The number of rotatable bonds is 1. The minimum Gasteiger partial charge on any atom is -0.344 e. The zero-order chi connectivity index (χ0) is 18.0. The number of hydrogen-bond acceptors (Lipinski definition) is 1. The summed E-state index contributed by atoms with van der Waals surface area (Å²) >= 11 is 0. The van der Waals surface area contributed by atoms with Crippen molar-refractivity contribution in [1.29, 1.82) is 0 Å². The average Bonchev–Trinajstić information content (AvgIpc) is 3.22. The Bertz CT molecular complexity index is 1240. The van der Waals surface area contributed by atoms with E-state index in [4.69, 9.17) is 0 Å². The molecule has 0 radical (unpaired) electrons. The first-order chi connectivity index (χ1) is 13.3. The highest BCUT2D eigenvalue weighted by Crippen LogP contribution is 2.52. The highest BCUT2D eigenvalue weighted by atomic mass is 15.2. The largest absolute Gasteiger partial charge is 0.344 e. The summed E-state index contributed by atoms with van der Waals surface area (Å²) < 4.78 is 2.32. The van der Waals surface area contributed by atoms with Gasteiger partial charge in [-0.1, -0.05) is 66.8 Å². The molecule has 2 unspecified atom stereocenters. The molecule has 6 rings (SSSR count). The second-order valence-electron chi connectivity index (χ2n) is 7.47. The maximum Gasteiger partial charge on any atom is 0.0629 e. The SMILES string of the molecule is Cn1c2ccccc2c2c3c(ccc21)C1C=CC=CC1N3c1ccccc1. The van der Waals surface area contributed by atoms with Gasteiger partial charge in [0, 0.05) is 34.9 Å². The predicted molar refractivity (Wildman–Crippen MR) is 114 cm³/mol. The van der Waals surface area contributed by atoms with Crippen LogP contribution in [0.3, 0.4) is 0 Å². The fourth-order valence-corrected chi connectivity index (χ4v) is 4.95. The van der Waals surface area contributed by atoms with Gasteiger partial charge in [-0.05, 0) is 29.8 Å². The zero-order valence-electron chi connectivity index (χ0n) is 15.2. The number of benzene rings is 3. The normalized spacial score (nSPS) is 20.4. The maximum absolute atomic E-state index is 2.54. The Kier molecular flexibility index (Phi) is 2.96. The summed E-state index contributed by atoms with van der Waals surface area (Å²) in [6.07, 6.45) is 9.06. The smallest absolute Gasteiger partial charge is 0.0629 e. The average molecular weight is 348 g/mol. The lowest BCUT2D eigenvalue weighted by atomic mass is 9.91. The molecule has 2 atom stereocenters. The van der Waals surface area contributed by atoms with Crippen LogP contribution in [0.5, 0.6) is 0 Å². The summed E-state index contributed by atoms with van der Waals surface area (Å²) in [4.78, 5) is 2.54. The molecule has 0 amide bonds. The first kappa shape index (κ1) is 14.9. The lowest BCUT2D eigenvalue weighted by Gasteiger charge is -2.29. The van der Waals surface area contributed by atoms with E-state index in [9.17, 15) is 0 Å². The van der Waals surface area contributed by atoms with Gasteiger partial charge in [-0.2, -0.15) is 0 Å². The van der Waals surface area contributed by atoms with E-state index in [0.717, 1.165) is 0 Å². The van der Waals surface area contributed by atoms with E-state index < -0.39 is 0 Å². The summed E-state index contributed by atoms with van der Waals surface area (Å²) in [5.74, 6) is 0.397. The standard InChI is InChI=1S/C25H20N2/c1-26-21-13-7-6-12-20(21)24-23(26)16-15-19-18-11-5-8-14-22(18)27(25(19)24)17-9-3-2-4-10-17/h2-16,18,22H,1H3. The molecule has 1 aromatic heterocycles. The molecule has 2 heterocycles. The molecule has 3 aromatic carbocycles. The van der Waals surface area contributed by atoms with Crippen LogP contribution < -0.4 is 4.90 Å². The van der Waals surface area contributed by atoms with Gasteiger partial charge >= 0.3 is 0 Å². The van der Waals surface area contributed by atoms with Crippen LogP contribution in [0, 0.1) is 0 Å². The molecule has 4 aromatic rings. The number of allylic oxidation sites excluding steroid dienone is 2. The van der Waals surface area contributed by atoms with E-state index in [1.165, 1.54) is 38.7 Å². The summed E-state index contributed by atoms with van der Waals surface area (Å²) in [6, 6.07) is 24.5. The molecule has 2 nitrogen and oxygen atoms in total. The molecule has 1 aliphatic carbocycles. The molecule has 0 fully saturated rings. The van der Waals surface area contributed by atoms with E-state index >= 15 is 0 Å². The van der Waals surface area contributed by atoms with E-state index in [0.29, 0.717) is 12.0 Å². The fraction of sp³-hybridized carbons (Fsp3) is 0.120. The molecular formula is C25H20N2. The predicted octanol–water partition coefficient (Wildman–Crippen LogP) is 6.06. The highest BCUT2D eigenvalue weighted by molar-refractivity contribution is 6.16. The molecule has 27 heavy (non-hydrogen) atoms.